The van der Waals surface area contributed by atoms with Crippen molar-refractivity contribution in [1.29, 1.82) is 0 Å². The summed E-state index contributed by atoms with van der Waals surface area (Å²) in [6.07, 6.45) is 8.37. The second kappa shape index (κ2) is 7.40. The number of esters is 1. The second-order valence-corrected chi connectivity index (χ2v) is 7.42. The smallest absolute Gasteiger partial charge is 0.316 e. The molecule has 2 fully saturated rings. The third-order valence-corrected chi connectivity index (χ3v) is 6.33. The lowest BCUT2D eigenvalue weighted by Gasteiger charge is -2.65. The lowest BCUT2D eigenvalue weighted by molar-refractivity contribution is -0.251. The van der Waals surface area contributed by atoms with E-state index in [1.54, 1.807) is 6.08 Å². The minimum atomic E-state index is -1.10. The van der Waals surface area contributed by atoms with Gasteiger partial charge in [0.25, 0.3) is 0 Å². The molecule has 2 bridgehead atoms. The van der Waals surface area contributed by atoms with Gasteiger partial charge in [0, 0.05) is 18.5 Å². The number of hydrogen-bond donors (Lipinski definition) is 1. The molecule has 0 aromatic carbocycles. The predicted octanol–water partition coefficient (Wildman–Crippen LogP) is 3.32. The second-order valence-electron chi connectivity index (χ2n) is 7.42. The first-order valence-electron chi connectivity index (χ1n) is 9.29. The summed E-state index contributed by atoms with van der Waals surface area (Å²) in [5.74, 6) is -0.241. The van der Waals surface area contributed by atoms with Crippen molar-refractivity contribution in [2.24, 2.45) is 10.8 Å². The SMILES string of the molecule is C=CCC[C@@]12CCC[C@@](C(=O)OCC)(CN(CC)C1)[C@@]2(O)CC=C. The maximum Gasteiger partial charge on any atom is 0.316 e. The zero-order valence-electron chi connectivity index (χ0n) is 15.4. The molecule has 1 N–H and O–H groups in total. The lowest BCUT2D eigenvalue weighted by atomic mass is 9.46. The predicted molar refractivity (Wildman–Crippen MR) is 96.7 cm³/mol. The first-order chi connectivity index (χ1) is 11.4. The molecule has 0 radical (unpaired) electrons. The van der Waals surface area contributed by atoms with E-state index in [1.807, 2.05) is 13.0 Å². The maximum atomic E-state index is 13.0. The molecule has 136 valence electrons. The van der Waals surface area contributed by atoms with Crippen molar-refractivity contribution in [2.45, 2.75) is 58.0 Å². The van der Waals surface area contributed by atoms with Crippen molar-refractivity contribution in [3.05, 3.63) is 25.3 Å². The zero-order chi connectivity index (χ0) is 17.8. The summed E-state index contributed by atoms with van der Waals surface area (Å²) in [7, 11) is 0. The van der Waals surface area contributed by atoms with Crippen LogP contribution < -0.4 is 0 Å². The van der Waals surface area contributed by atoms with Crippen LogP contribution in [0.5, 0.6) is 0 Å². The van der Waals surface area contributed by atoms with E-state index in [9.17, 15) is 9.90 Å². The van der Waals surface area contributed by atoms with Crippen LogP contribution in [0.2, 0.25) is 0 Å². The molecule has 1 aliphatic heterocycles. The van der Waals surface area contributed by atoms with Gasteiger partial charge in [-0.25, -0.2) is 0 Å². The molecule has 3 atom stereocenters. The number of carbonyl (C=O) groups is 1. The van der Waals surface area contributed by atoms with E-state index in [-0.39, 0.29) is 11.4 Å². The summed E-state index contributed by atoms with van der Waals surface area (Å²) in [5.41, 5.74) is -2.26. The summed E-state index contributed by atoms with van der Waals surface area (Å²) in [4.78, 5) is 15.4. The number of allylic oxidation sites excluding steroid dienone is 1. The molecule has 0 unspecified atom stereocenters. The molecular weight excluding hydrogens is 302 g/mol. The number of likely N-dealkylation sites (tertiary alicyclic amines) is 1. The third kappa shape index (κ3) is 2.74. The fraction of sp³-hybridized carbons (Fsp3) is 0.750. The molecule has 0 spiro atoms. The molecule has 1 saturated heterocycles. The Balaban J connectivity index is 2.57. The van der Waals surface area contributed by atoms with Crippen molar-refractivity contribution in [2.75, 3.05) is 26.2 Å². The minimum Gasteiger partial charge on any atom is -0.465 e. The standard InChI is InChI=1S/C20H33NO3/c1-5-9-12-18-13-10-14-19(17(22)24-8-4,16-21(7-3)15-18)20(18,23)11-6-2/h5-6,23H,1-2,7-16H2,3-4H3/t18-,19+,20-/m1/s1. The van der Waals surface area contributed by atoms with E-state index in [0.717, 1.165) is 38.8 Å². The monoisotopic (exact) mass is 335 g/mol. The highest BCUT2D eigenvalue weighted by Crippen LogP contribution is 2.61. The van der Waals surface area contributed by atoms with Gasteiger partial charge in [0.1, 0.15) is 5.41 Å². The molecule has 1 heterocycles. The van der Waals surface area contributed by atoms with E-state index < -0.39 is 11.0 Å². The number of ether oxygens (including phenoxy) is 1. The quantitative estimate of drug-likeness (QED) is 0.546. The Hall–Kier alpha value is -1.13. The van der Waals surface area contributed by atoms with Crippen molar-refractivity contribution >= 4 is 5.97 Å². The van der Waals surface area contributed by atoms with Gasteiger partial charge in [-0.3, -0.25) is 4.79 Å². The molecule has 0 aromatic rings. The van der Waals surface area contributed by atoms with Crippen LogP contribution in [0, 0.1) is 10.8 Å². The number of aliphatic hydroxyl groups is 1. The van der Waals surface area contributed by atoms with Gasteiger partial charge in [-0.05, 0) is 45.6 Å². The van der Waals surface area contributed by atoms with Gasteiger partial charge in [0.15, 0.2) is 0 Å². The highest BCUT2D eigenvalue weighted by Gasteiger charge is 2.69. The van der Waals surface area contributed by atoms with E-state index in [1.165, 1.54) is 0 Å². The Morgan fingerprint density at radius 3 is 2.58 bits per heavy atom. The molecule has 4 heteroatoms. The minimum absolute atomic E-state index is 0.241. The number of hydrogen-bond acceptors (Lipinski definition) is 4. The van der Waals surface area contributed by atoms with Gasteiger partial charge in [-0.1, -0.05) is 25.5 Å². The molecule has 1 aliphatic carbocycles. The van der Waals surface area contributed by atoms with Crippen molar-refractivity contribution < 1.29 is 14.6 Å². The largest absolute Gasteiger partial charge is 0.465 e. The fourth-order valence-corrected chi connectivity index (χ4v) is 5.17. The van der Waals surface area contributed by atoms with Crippen LogP contribution in [0.25, 0.3) is 0 Å². The Bertz CT molecular complexity index is 491. The van der Waals surface area contributed by atoms with Crippen molar-refractivity contribution in [1.82, 2.24) is 4.90 Å². The lowest BCUT2D eigenvalue weighted by Crippen LogP contribution is -2.74. The molecule has 2 rings (SSSR count). The third-order valence-electron chi connectivity index (χ3n) is 6.33. The normalized spacial score (nSPS) is 36.1. The first-order valence-corrected chi connectivity index (χ1v) is 9.29. The number of nitrogens with zero attached hydrogens (tertiary/aromatic N) is 1. The van der Waals surface area contributed by atoms with Gasteiger partial charge in [-0.15, -0.1) is 13.2 Å². The van der Waals surface area contributed by atoms with E-state index in [4.69, 9.17) is 4.74 Å². The number of carbonyl (C=O) groups excluding carboxylic acids is 1. The van der Waals surface area contributed by atoms with Crippen molar-refractivity contribution in [3.63, 3.8) is 0 Å². The van der Waals surface area contributed by atoms with E-state index >= 15 is 0 Å². The number of rotatable bonds is 8. The Labute approximate surface area is 146 Å². The summed E-state index contributed by atoms with van der Waals surface area (Å²) < 4.78 is 5.46. The Morgan fingerprint density at radius 2 is 2.00 bits per heavy atom. The Kier molecular flexibility index (Phi) is 5.92. The number of piperidine rings is 1. The van der Waals surface area contributed by atoms with E-state index in [0.29, 0.717) is 26.0 Å². The Morgan fingerprint density at radius 1 is 1.25 bits per heavy atom. The van der Waals surface area contributed by atoms with Crippen LogP contribution in [0.3, 0.4) is 0 Å². The molecule has 1 saturated carbocycles. The highest BCUT2D eigenvalue weighted by molar-refractivity contribution is 5.80. The first kappa shape index (κ1) is 19.2. The topological polar surface area (TPSA) is 49.8 Å². The molecular formula is C20H33NO3. The van der Waals surface area contributed by atoms with Crippen LogP contribution in [-0.4, -0.2) is 47.8 Å². The van der Waals surface area contributed by atoms with Gasteiger partial charge < -0.3 is 14.7 Å². The fourth-order valence-electron chi connectivity index (χ4n) is 5.17. The van der Waals surface area contributed by atoms with Gasteiger partial charge in [-0.2, -0.15) is 0 Å². The maximum absolute atomic E-state index is 13.0. The average molecular weight is 335 g/mol. The van der Waals surface area contributed by atoms with Gasteiger partial charge in [0.05, 0.1) is 12.2 Å². The summed E-state index contributed by atoms with van der Waals surface area (Å²) in [5, 5.41) is 12.0. The highest BCUT2D eigenvalue weighted by atomic mass is 16.5. The molecule has 24 heavy (non-hydrogen) atoms. The van der Waals surface area contributed by atoms with Crippen LogP contribution >= 0.6 is 0 Å². The molecule has 0 amide bonds. The van der Waals surface area contributed by atoms with Crippen LogP contribution in [0.15, 0.2) is 25.3 Å². The van der Waals surface area contributed by atoms with Crippen LogP contribution in [-0.2, 0) is 9.53 Å². The van der Waals surface area contributed by atoms with Gasteiger partial charge in [0.2, 0.25) is 0 Å². The molecule has 4 nitrogen and oxygen atoms in total. The van der Waals surface area contributed by atoms with Crippen LogP contribution in [0.4, 0.5) is 0 Å². The van der Waals surface area contributed by atoms with Crippen molar-refractivity contribution in [3.8, 4) is 0 Å². The van der Waals surface area contributed by atoms with Gasteiger partial charge >= 0.3 is 5.97 Å². The molecule has 2 aliphatic rings. The average Bonchev–Trinajstić information content (AvgIpc) is 2.54. The van der Waals surface area contributed by atoms with E-state index in [2.05, 4.69) is 25.0 Å². The number of fused-ring (bicyclic) bond motifs is 2. The zero-order valence-corrected chi connectivity index (χ0v) is 15.4. The molecule has 0 aromatic heterocycles. The van der Waals surface area contributed by atoms with Crippen LogP contribution in [0.1, 0.15) is 52.4 Å². The summed E-state index contributed by atoms with van der Waals surface area (Å²) in [6, 6.07) is 0. The summed E-state index contributed by atoms with van der Waals surface area (Å²) >= 11 is 0. The summed E-state index contributed by atoms with van der Waals surface area (Å²) in [6.45, 7) is 14.3.